The van der Waals surface area contributed by atoms with E-state index in [0.717, 1.165) is 16.8 Å². The Morgan fingerprint density at radius 1 is 1.48 bits per heavy atom. The minimum atomic E-state index is -0.00607. The first-order chi connectivity index (χ1) is 10.1. The van der Waals surface area contributed by atoms with Crippen LogP contribution in [0.5, 0.6) is 0 Å². The predicted molar refractivity (Wildman–Crippen MR) is 85.0 cm³/mol. The number of hydrogen-bond donors (Lipinski definition) is 1. The highest BCUT2D eigenvalue weighted by Crippen LogP contribution is 2.16. The van der Waals surface area contributed by atoms with Crippen LogP contribution in [-0.4, -0.2) is 29.4 Å². The molecule has 1 amide bonds. The topological polar surface area (TPSA) is 59.2 Å². The van der Waals surface area contributed by atoms with E-state index < -0.39 is 0 Å². The van der Waals surface area contributed by atoms with E-state index in [2.05, 4.69) is 16.8 Å². The number of benzene rings is 1. The molecule has 0 atom stereocenters. The fourth-order valence-corrected chi connectivity index (χ4v) is 2.72. The molecule has 0 unspecified atom stereocenters. The van der Waals surface area contributed by atoms with Gasteiger partial charge in [0.2, 0.25) is 0 Å². The highest BCUT2D eigenvalue weighted by molar-refractivity contribution is 7.11. The fourth-order valence-electron chi connectivity index (χ4n) is 1.93. The van der Waals surface area contributed by atoms with E-state index in [1.807, 2.05) is 31.2 Å². The van der Waals surface area contributed by atoms with E-state index in [9.17, 15) is 4.79 Å². The second-order valence-corrected chi connectivity index (χ2v) is 5.49. The molecule has 0 bridgehead atoms. The van der Waals surface area contributed by atoms with E-state index in [1.165, 1.54) is 11.3 Å². The van der Waals surface area contributed by atoms with Crippen LogP contribution < -0.4 is 5.73 Å². The van der Waals surface area contributed by atoms with Crippen molar-refractivity contribution >= 4 is 17.2 Å². The maximum Gasteiger partial charge on any atom is 0.265 e. The lowest BCUT2D eigenvalue weighted by Crippen LogP contribution is -2.26. The van der Waals surface area contributed by atoms with Crippen molar-refractivity contribution in [1.29, 1.82) is 0 Å². The summed E-state index contributed by atoms with van der Waals surface area (Å²) in [7, 11) is 1.79. The van der Waals surface area contributed by atoms with Gasteiger partial charge in [0.05, 0.1) is 17.7 Å². The summed E-state index contributed by atoms with van der Waals surface area (Å²) in [5.74, 6) is 5.82. The van der Waals surface area contributed by atoms with Crippen LogP contribution in [-0.2, 0) is 6.54 Å². The number of nitrogens with zero attached hydrogens (tertiary/aromatic N) is 2. The number of hydrogen-bond acceptors (Lipinski definition) is 4. The van der Waals surface area contributed by atoms with Gasteiger partial charge in [-0.05, 0) is 24.6 Å². The minimum absolute atomic E-state index is 0.00607. The minimum Gasteiger partial charge on any atom is -0.337 e. The molecule has 108 valence electrons. The maximum atomic E-state index is 12.3. The highest BCUT2D eigenvalue weighted by Gasteiger charge is 2.16. The zero-order chi connectivity index (χ0) is 15.2. The Bertz CT molecular complexity index is 697. The zero-order valence-electron chi connectivity index (χ0n) is 12.1. The van der Waals surface area contributed by atoms with Gasteiger partial charge in [0.1, 0.15) is 4.88 Å². The molecule has 0 saturated heterocycles. The zero-order valence-corrected chi connectivity index (χ0v) is 12.9. The Morgan fingerprint density at radius 3 is 2.95 bits per heavy atom. The number of carbonyl (C=O) groups excluding carboxylic acids is 1. The molecule has 1 aromatic heterocycles. The summed E-state index contributed by atoms with van der Waals surface area (Å²) in [5.41, 5.74) is 9.79. The van der Waals surface area contributed by atoms with E-state index in [4.69, 9.17) is 5.73 Å². The predicted octanol–water partition coefficient (Wildman–Crippen LogP) is 2.03. The summed E-state index contributed by atoms with van der Waals surface area (Å²) in [5, 5.41) is 0. The summed E-state index contributed by atoms with van der Waals surface area (Å²) in [6, 6.07) is 7.83. The Labute approximate surface area is 128 Å². The Hall–Kier alpha value is -2.16. The van der Waals surface area contributed by atoms with Gasteiger partial charge in [-0.1, -0.05) is 24.0 Å². The number of carbonyl (C=O) groups is 1. The molecule has 0 fully saturated rings. The molecule has 0 spiro atoms. The smallest absolute Gasteiger partial charge is 0.265 e. The van der Waals surface area contributed by atoms with Crippen LogP contribution in [0.3, 0.4) is 0 Å². The third-order valence-corrected chi connectivity index (χ3v) is 3.88. The van der Waals surface area contributed by atoms with Crippen molar-refractivity contribution in [3.05, 3.63) is 51.5 Å². The van der Waals surface area contributed by atoms with Gasteiger partial charge in [0.15, 0.2) is 0 Å². The van der Waals surface area contributed by atoms with Crippen LogP contribution in [0.15, 0.2) is 29.8 Å². The maximum absolute atomic E-state index is 12.3. The average molecular weight is 299 g/mol. The molecule has 4 nitrogen and oxygen atoms in total. The highest BCUT2D eigenvalue weighted by atomic mass is 32.1. The molecule has 2 aromatic rings. The number of aromatic nitrogens is 1. The van der Waals surface area contributed by atoms with Crippen LogP contribution in [0.2, 0.25) is 0 Å². The van der Waals surface area contributed by atoms with Crippen LogP contribution in [0.1, 0.15) is 26.5 Å². The molecule has 0 aliphatic heterocycles. The normalized spacial score (nSPS) is 9.86. The second-order valence-electron chi connectivity index (χ2n) is 4.63. The molecule has 5 heteroatoms. The van der Waals surface area contributed by atoms with Gasteiger partial charge >= 0.3 is 0 Å². The van der Waals surface area contributed by atoms with Crippen molar-refractivity contribution in [1.82, 2.24) is 9.88 Å². The number of rotatable bonds is 3. The molecule has 0 aliphatic carbocycles. The van der Waals surface area contributed by atoms with Gasteiger partial charge < -0.3 is 10.6 Å². The van der Waals surface area contributed by atoms with E-state index in [0.29, 0.717) is 18.0 Å². The molecular weight excluding hydrogens is 282 g/mol. The standard InChI is InChI=1S/C16H17N3OS/c1-12-15(21-11-18-12)16(20)19(2)10-14-6-3-5-13(9-14)7-4-8-17/h3,5-6,9,11H,8,10,17H2,1-2H3. The average Bonchev–Trinajstić information content (AvgIpc) is 2.90. The molecule has 1 aromatic carbocycles. The van der Waals surface area contributed by atoms with Crippen molar-refractivity contribution in [2.75, 3.05) is 13.6 Å². The lowest BCUT2D eigenvalue weighted by atomic mass is 10.1. The number of aryl methyl sites for hydroxylation is 1. The Balaban J connectivity index is 2.11. The summed E-state index contributed by atoms with van der Waals surface area (Å²) < 4.78 is 0. The quantitative estimate of drug-likeness (QED) is 0.882. The first-order valence-corrected chi connectivity index (χ1v) is 7.43. The molecule has 0 saturated carbocycles. The van der Waals surface area contributed by atoms with E-state index in [-0.39, 0.29) is 5.91 Å². The van der Waals surface area contributed by atoms with Crippen molar-refractivity contribution in [3.63, 3.8) is 0 Å². The number of thiazole rings is 1. The molecule has 1 heterocycles. The summed E-state index contributed by atoms with van der Waals surface area (Å²) in [6.07, 6.45) is 0. The van der Waals surface area contributed by atoms with Crippen molar-refractivity contribution in [3.8, 4) is 11.8 Å². The lowest BCUT2D eigenvalue weighted by Gasteiger charge is -2.16. The molecule has 21 heavy (non-hydrogen) atoms. The molecule has 0 aliphatic rings. The summed E-state index contributed by atoms with van der Waals surface area (Å²) in [4.78, 5) is 18.8. The first-order valence-electron chi connectivity index (χ1n) is 6.55. The van der Waals surface area contributed by atoms with Crippen molar-refractivity contribution < 1.29 is 4.79 Å². The number of nitrogens with two attached hydrogens (primary N) is 1. The Kier molecular flexibility index (Phi) is 5.09. The van der Waals surface area contributed by atoms with E-state index in [1.54, 1.807) is 17.5 Å². The largest absolute Gasteiger partial charge is 0.337 e. The van der Waals surface area contributed by atoms with E-state index >= 15 is 0 Å². The van der Waals surface area contributed by atoms with Crippen LogP contribution in [0, 0.1) is 18.8 Å². The Morgan fingerprint density at radius 2 is 2.29 bits per heavy atom. The van der Waals surface area contributed by atoms with Crippen molar-refractivity contribution in [2.24, 2.45) is 5.73 Å². The second kappa shape index (κ2) is 7.02. The van der Waals surface area contributed by atoms with Gasteiger partial charge in [0, 0.05) is 19.2 Å². The van der Waals surface area contributed by atoms with Gasteiger partial charge in [-0.3, -0.25) is 4.79 Å². The number of amides is 1. The van der Waals surface area contributed by atoms with Gasteiger partial charge in [-0.2, -0.15) is 0 Å². The summed E-state index contributed by atoms with van der Waals surface area (Å²) >= 11 is 1.37. The fraction of sp³-hybridized carbons (Fsp3) is 0.250. The SMILES string of the molecule is Cc1ncsc1C(=O)N(C)Cc1cccc(C#CCN)c1. The monoisotopic (exact) mass is 299 g/mol. The van der Waals surface area contributed by atoms with Crippen LogP contribution >= 0.6 is 11.3 Å². The van der Waals surface area contributed by atoms with Crippen LogP contribution in [0.4, 0.5) is 0 Å². The van der Waals surface area contributed by atoms with Crippen molar-refractivity contribution in [2.45, 2.75) is 13.5 Å². The first kappa shape index (κ1) is 15.2. The molecule has 2 N–H and O–H groups in total. The van der Waals surface area contributed by atoms with Gasteiger partial charge in [0.25, 0.3) is 5.91 Å². The molecule has 2 rings (SSSR count). The summed E-state index contributed by atoms with van der Waals surface area (Å²) in [6.45, 7) is 2.72. The lowest BCUT2D eigenvalue weighted by molar-refractivity contribution is 0.0789. The third-order valence-electron chi connectivity index (χ3n) is 2.97. The van der Waals surface area contributed by atoms with Gasteiger partial charge in [-0.25, -0.2) is 4.98 Å². The van der Waals surface area contributed by atoms with Gasteiger partial charge in [-0.15, -0.1) is 11.3 Å². The molecular formula is C16H17N3OS. The third kappa shape index (κ3) is 3.91. The molecule has 0 radical (unpaired) electrons. The van der Waals surface area contributed by atoms with Crippen LogP contribution in [0.25, 0.3) is 0 Å².